The van der Waals surface area contributed by atoms with E-state index in [1.807, 2.05) is 19.3 Å². The topological polar surface area (TPSA) is 70.4 Å². The van der Waals surface area contributed by atoms with Crippen LogP contribution in [0.5, 0.6) is 0 Å². The molecule has 0 spiro atoms. The van der Waals surface area contributed by atoms with Crippen LogP contribution in [0.4, 0.5) is 17.6 Å². The Morgan fingerprint density at radius 3 is 2.41 bits per heavy atom. The summed E-state index contributed by atoms with van der Waals surface area (Å²) in [7, 11) is 0. The molecule has 11 heteroatoms. The van der Waals surface area contributed by atoms with Crippen molar-refractivity contribution in [3.63, 3.8) is 0 Å². The Hall–Kier alpha value is -2.40. The van der Waals surface area contributed by atoms with E-state index in [9.17, 15) is 27.5 Å². The smallest absolute Gasteiger partial charge is 0.291 e. The number of halogens is 5. The molecule has 3 rings (SSSR count). The van der Waals surface area contributed by atoms with E-state index in [1.54, 1.807) is 16.8 Å². The van der Waals surface area contributed by atoms with Crippen molar-refractivity contribution in [3.8, 4) is 0 Å². The third-order valence-electron chi connectivity index (χ3n) is 4.68. The average Bonchev–Trinajstić information content (AvgIpc) is 3.15. The number of hydrogen-bond acceptors (Lipinski definition) is 4. The first-order chi connectivity index (χ1) is 13.5. The SMILES string of the molecule is Cc1nn(Cc2ccc(C(=O)N3NC(=C(F)F)CC3(O)C(F)F)cc2)c(C)c1Br. The maximum absolute atomic E-state index is 13.3. The summed E-state index contributed by atoms with van der Waals surface area (Å²) in [6.07, 6.45) is -6.81. The van der Waals surface area contributed by atoms with Crippen LogP contribution in [-0.2, 0) is 6.54 Å². The molecule has 1 atom stereocenters. The number of aliphatic hydroxyl groups is 1. The Morgan fingerprint density at radius 1 is 1.31 bits per heavy atom. The van der Waals surface area contributed by atoms with Crippen LogP contribution < -0.4 is 5.43 Å². The quantitative estimate of drug-likeness (QED) is 0.659. The molecule has 6 nitrogen and oxygen atoms in total. The summed E-state index contributed by atoms with van der Waals surface area (Å²) in [5.74, 6) is -1.05. The minimum atomic E-state index is -3.44. The summed E-state index contributed by atoms with van der Waals surface area (Å²) in [5.41, 5.74) is 0.386. The lowest BCUT2D eigenvalue weighted by atomic mass is 10.1. The van der Waals surface area contributed by atoms with E-state index in [4.69, 9.17) is 0 Å². The van der Waals surface area contributed by atoms with Crippen LogP contribution in [-0.4, -0.2) is 38.0 Å². The molecule has 29 heavy (non-hydrogen) atoms. The Labute approximate surface area is 171 Å². The number of amides is 1. The van der Waals surface area contributed by atoms with Crippen LogP contribution in [0, 0.1) is 13.8 Å². The van der Waals surface area contributed by atoms with Gasteiger partial charge in [0.25, 0.3) is 18.4 Å². The lowest BCUT2D eigenvalue weighted by Crippen LogP contribution is -2.55. The van der Waals surface area contributed by atoms with Crippen LogP contribution in [0.3, 0.4) is 0 Å². The average molecular weight is 477 g/mol. The van der Waals surface area contributed by atoms with Gasteiger partial charge in [-0.25, -0.2) is 13.8 Å². The third kappa shape index (κ3) is 3.88. The van der Waals surface area contributed by atoms with Crippen molar-refractivity contribution >= 4 is 21.8 Å². The molecule has 2 heterocycles. The second-order valence-corrected chi connectivity index (χ2v) is 7.48. The van der Waals surface area contributed by atoms with E-state index in [1.165, 1.54) is 12.1 Å². The van der Waals surface area contributed by atoms with Crippen molar-refractivity contribution in [1.29, 1.82) is 0 Å². The number of aryl methyl sites for hydroxylation is 1. The maximum atomic E-state index is 13.3. The second-order valence-electron chi connectivity index (χ2n) is 6.69. The number of nitrogens with one attached hydrogen (secondary N) is 1. The molecule has 1 aliphatic rings. The number of hydrogen-bond donors (Lipinski definition) is 2. The number of hydrazine groups is 1. The van der Waals surface area contributed by atoms with Gasteiger partial charge in [-0.3, -0.25) is 14.9 Å². The summed E-state index contributed by atoms with van der Waals surface area (Å²) in [4.78, 5) is 12.6. The Kier molecular flexibility index (Phi) is 5.72. The molecule has 2 aromatic rings. The van der Waals surface area contributed by atoms with Crippen molar-refractivity contribution in [2.75, 3.05) is 0 Å². The number of nitrogens with zero attached hydrogens (tertiary/aromatic N) is 3. The largest absolute Gasteiger partial charge is 0.364 e. The van der Waals surface area contributed by atoms with Gasteiger partial charge in [-0.2, -0.15) is 13.9 Å². The summed E-state index contributed by atoms with van der Waals surface area (Å²) < 4.78 is 54.9. The van der Waals surface area contributed by atoms with Crippen molar-refractivity contribution in [2.24, 2.45) is 0 Å². The number of carbonyl (C=O) groups is 1. The highest BCUT2D eigenvalue weighted by Crippen LogP contribution is 2.35. The summed E-state index contributed by atoms with van der Waals surface area (Å²) in [6.45, 7) is 4.16. The lowest BCUT2D eigenvalue weighted by molar-refractivity contribution is -0.168. The van der Waals surface area contributed by atoms with E-state index in [0.29, 0.717) is 6.54 Å². The maximum Gasteiger partial charge on any atom is 0.291 e. The Bertz CT molecular complexity index is 973. The van der Waals surface area contributed by atoms with Gasteiger partial charge in [0.05, 0.1) is 28.8 Å². The fraction of sp³-hybridized carbons (Fsp3) is 0.333. The molecule has 0 aliphatic carbocycles. The highest BCUT2D eigenvalue weighted by Gasteiger charge is 2.53. The number of benzene rings is 1. The number of carbonyl (C=O) groups excluding carboxylic acids is 1. The zero-order valence-corrected chi connectivity index (χ0v) is 17.0. The van der Waals surface area contributed by atoms with E-state index >= 15 is 0 Å². The number of alkyl halides is 2. The minimum Gasteiger partial charge on any atom is -0.364 e. The highest BCUT2D eigenvalue weighted by atomic mass is 79.9. The molecule has 1 aromatic carbocycles. The van der Waals surface area contributed by atoms with Crippen molar-refractivity contribution in [1.82, 2.24) is 20.2 Å². The fourth-order valence-corrected chi connectivity index (χ4v) is 3.29. The summed E-state index contributed by atoms with van der Waals surface area (Å²) in [5, 5.41) is 14.6. The first kappa shape index (κ1) is 21.3. The Balaban J connectivity index is 1.82. The summed E-state index contributed by atoms with van der Waals surface area (Å²) in [6, 6.07) is 5.95. The van der Waals surface area contributed by atoms with E-state index < -0.39 is 36.3 Å². The zero-order chi connectivity index (χ0) is 21.5. The normalized spacial score (nSPS) is 19.1. The number of rotatable bonds is 4. The van der Waals surface area contributed by atoms with E-state index in [-0.39, 0.29) is 10.6 Å². The fourth-order valence-electron chi connectivity index (χ4n) is 3.00. The van der Waals surface area contributed by atoms with Gasteiger partial charge in [0, 0.05) is 5.56 Å². The molecular weight excluding hydrogens is 460 g/mol. The molecule has 0 radical (unpaired) electrons. The van der Waals surface area contributed by atoms with Gasteiger partial charge in [0.2, 0.25) is 5.72 Å². The van der Waals surface area contributed by atoms with E-state index in [2.05, 4.69) is 21.0 Å². The zero-order valence-electron chi connectivity index (χ0n) is 15.4. The molecule has 1 amide bonds. The van der Waals surface area contributed by atoms with Gasteiger partial charge in [-0.1, -0.05) is 12.1 Å². The number of aromatic nitrogens is 2. The first-order valence-electron chi connectivity index (χ1n) is 8.49. The van der Waals surface area contributed by atoms with Crippen LogP contribution in [0.2, 0.25) is 0 Å². The van der Waals surface area contributed by atoms with Gasteiger partial charge < -0.3 is 5.11 Å². The summed E-state index contributed by atoms with van der Waals surface area (Å²) >= 11 is 3.44. The van der Waals surface area contributed by atoms with E-state index in [0.717, 1.165) is 21.4 Å². The van der Waals surface area contributed by atoms with Gasteiger partial charge >= 0.3 is 0 Å². The molecular formula is C18H17BrF4N4O2. The van der Waals surface area contributed by atoms with Gasteiger partial charge in [-0.15, -0.1) is 0 Å². The molecule has 2 N–H and O–H groups in total. The molecule has 1 fully saturated rings. The Morgan fingerprint density at radius 2 is 1.93 bits per heavy atom. The van der Waals surface area contributed by atoms with Crippen LogP contribution in [0.25, 0.3) is 0 Å². The van der Waals surface area contributed by atoms with Crippen LogP contribution in [0.15, 0.2) is 40.5 Å². The molecule has 0 bridgehead atoms. The highest BCUT2D eigenvalue weighted by molar-refractivity contribution is 9.10. The first-order valence-corrected chi connectivity index (χ1v) is 9.28. The minimum absolute atomic E-state index is 0.0459. The molecule has 1 saturated heterocycles. The second kappa shape index (κ2) is 7.79. The monoisotopic (exact) mass is 476 g/mol. The third-order valence-corrected chi connectivity index (χ3v) is 5.83. The van der Waals surface area contributed by atoms with Crippen LogP contribution >= 0.6 is 15.9 Å². The molecule has 0 saturated carbocycles. The van der Waals surface area contributed by atoms with Crippen molar-refractivity contribution in [2.45, 2.75) is 39.0 Å². The predicted molar refractivity (Wildman–Crippen MR) is 99.1 cm³/mol. The van der Waals surface area contributed by atoms with Crippen LogP contribution in [0.1, 0.15) is 33.7 Å². The molecule has 156 valence electrons. The standard InChI is InChI=1S/C18H17BrF4N4O2/c1-9-14(19)10(2)26(24-9)8-11-3-5-12(6-4-11)16(28)27-18(29,17(22)23)7-13(25-27)15(20)21/h3-6,17,25,29H,7-8H2,1-2H3. The molecule has 1 aliphatic heterocycles. The lowest BCUT2D eigenvalue weighted by Gasteiger charge is -2.31. The van der Waals surface area contributed by atoms with Crippen molar-refractivity contribution < 1.29 is 27.5 Å². The van der Waals surface area contributed by atoms with Gasteiger partial charge in [0.15, 0.2) is 0 Å². The van der Waals surface area contributed by atoms with Gasteiger partial charge in [0.1, 0.15) is 5.70 Å². The predicted octanol–water partition coefficient (Wildman–Crippen LogP) is 3.72. The van der Waals surface area contributed by atoms with Crippen molar-refractivity contribution in [3.05, 3.63) is 63.0 Å². The molecule has 1 aromatic heterocycles. The van der Waals surface area contributed by atoms with Gasteiger partial charge in [-0.05, 0) is 47.5 Å². The molecule has 1 unspecified atom stereocenters.